The summed E-state index contributed by atoms with van der Waals surface area (Å²) in [5.74, 6) is -0.201. The Balaban J connectivity index is 1.31. The SMILES string of the molecule is Nc1ncnc2c3c(n(-c4ccc(NC(=O)Cc5ccc(OC(F)(F)F)cc5)cc4)c12)CCC3. The lowest BCUT2D eigenvalue weighted by Crippen LogP contribution is -2.17. The molecule has 2 heterocycles. The molecule has 0 radical (unpaired) electrons. The lowest BCUT2D eigenvalue weighted by atomic mass is 10.1. The van der Waals surface area contributed by atoms with Crippen molar-refractivity contribution in [1.82, 2.24) is 14.5 Å². The summed E-state index contributed by atoms with van der Waals surface area (Å²) in [4.78, 5) is 21.0. The number of hydrogen-bond donors (Lipinski definition) is 2. The molecular formula is C24H20F3N5O2. The largest absolute Gasteiger partial charge is 0.573 e. The molecule has 2 aromatic carbocycles. The molecule has 3 N–H and O–H groups in total. The third kappa shape index (κ3) is 4.26. The fourth-order valence-electron chi connectivity index (χ4n) is 4.38. The Labute approximate surface area is 192 Å². The zero-order valence-electron chi connectivity index (χ0n) is 17.9. The maximum absolute atomic E-state index is 12.4. The van der Waals surface area contributed by atoms with E-state index in [1.807, 2.05) is 12.1 Å². The molecule has 0 fully saturated rings. The van der Waals surface area contributed by atoms with Crippen molar-refractivity contribution in [3.8, 4) is 11.4 Å². The second kappa shape index (κ2) is 8.36. The van der Waals surface area contributed by atoms with Gasteiger partial charge in [-0.3, -0.25) is 4.79 Å². The van der Waals surface area contributed by atoms with Crippen LogP contribution < -0.4 is 15.8 Å². The molecule has 0 unspecified atom stereocenters. The van der Waals surface area contributed by atoms with Gasteiger partial charge in [0.15, 0.2) is 5.82 Å². The summed E-state index contributed by atoms with van der Waals surface area (Å²) in [6.07, 6.45) is -0.324. The molecule has 0 spiro atoms. The Morgan fingerprint density at radius 2 is 1.79 bits per heavy atom. The van der Waals surface area contributed by atoms with Gasteiger partial charge in [-0.15, -0.1) is 13.2 Å². The van der Waals surface area contributed by atoms with Crippen LogP contribution in [0.1, 0.15) is 23.2 Å². The van der Waals surface area contributed by atoms with Gasteiger partial charge in [-0.05, 0) is 66.8 Å². The molecule has 0 aliphatic heterocycles. The van der Waals surface area contributed by atoms with E-state index in [1.165, 1.54) is 41.9 Å². The third-order valence-electron chi connectivity index (χ3n) is 5.75. The average molecular weight is 467 g/mol. The number of anilines is 2. The molecule has 5 rings (SSSR count). The van der Waals surface area contributed by atoms with Crippen molar-refractivity contribution in [2.75, 3.05) is 11.1 Å². The van der Waals surface area contributed by atoms with Crippen LogP contribution in [0.3, 0.4) is 0 Å². The zero-order valence-corrected chi connectivity index (χ0v) is 17.9. The van der Waals surface area contributed by atoms with E-state index in [-0.39, 0.29) is 18.1 Å². The number of ether oxygens (including phenoxy) is 1. The normalized spacial score (nSPS) is 13.1. The molecule has 1 aliphatic rings. The number of alkyl halides is 3. The zero-order chi connectivity index (χ0) is 23.9. The minimum absolute atomic E-state index is 0.0116. The number of aryl methyl sites for hydroxylation is 1. The fourth-order valence-corrected chi connectivity index (χ4v) is 4.38. The van der Waals surface area contributed by atoms with Crippen LogP contribution in [0.2, 0.25) is 0 Å². The highest BCUT2D eigenvalue weighted by atomic mass is 19.4. The second-order valence-corrected chi connectivity index (χ2v) is 8.03. The van der Waals surface area contributed by atoms with Gasteiger partial charge in [0.05, 0.1) is 11.9 Å². The van der Waals surface area contributed by atoms with E-state index in [4.69, 9.17) is 5.73 Å². The molecule has 2 aromatic heterocycles. The number of nitrogens with two attached hydrogens (primary N) is 1. The molecule has 1 amide bonds. The van der Waals surface area contributed by atoms with Crippen LogP contribution in [0.15, 0.2) is 54.9 Å². The summed E-state index contributed by atoms with van der Waals surface area (Å²) in [5.41, 5.74) is 12.3. The molecule has 10 heteroatoms. The Bertz CT molecular complexity index is 1360. The number of nitrogens with zero attached hydrogens (tertiary/aromatic N) is 3. The van der Waals surface area contributed by atoms with Gasteiger partial charge in [-0.2, -0.15) is 0 Å². The Kier molecular flexibility index (Phi) is 5.35. The highest BCUT2D eigenvalue weighted by Crippen LogP contribution is 2.36. The number of nitrogens with one attached hydrogen (secondary N) is 1. The predicted octanol–water partition coefficient (Wildman–Crippen LogP) is 4.57. The van der Waals surface area contributed by atoms with Crippen molar-refractivity contribution in [3.05, 3.63) is 71.7 Å². The first-order valence-electron chi connectivity index (χ1n) is 10.7. The predicted molar refractivity (Wildman–Crippen MR) is 121 cm³/mol. The van der Waals surface area contributed by atoms with E-state index < -0.39 is 6.36 Å². The minimum Gasteiger partial charge on any atom is -0.406 e. The highest BCUT2D eigenvalue weighted by Gasteiger charge is 2.31. The first kappa shape index (κ1) is 21.7. The monoisotopic (exact) mass is 467 g/mol. The van der Waals surface area contributed by atoms with E-state index in [2.05, 4.69) is 24.6 Å². The van der Waals surface area contributed by atoms with E-state index >= 15 is 0 Å². The molecule has 0 saturated carbocycles. The van der Waals surface area contributed by atoms with Crippen molar-refractivity contribution in [1.29, 1.82) is 0 Å². The molecule has 174 valence electrons. The Morgan fingerprint density at radius 1 is 1.06 bits per heavy atom. The molecule has 0 saturated heterocycles. The summed E-state index contributed by atoms with van der Waals surface area (Å²) in [5, 5.41) is 2.81. The first-order chi connectivity index (χ1) is 16.3. The number of benzene rings is 2. The molecule has 34 heavy (non-hydrogen) atoms. The van der Waals surface area contributed by atoms with Gasteiger partial charge in [0.25, 0.3) is 0 Å². The Morgan fingerprint density at radius 3 is 2.50 bits per heavy atom. The maximum atomic E-state index is 12.4. The first-order valence-corrected chi connectivity index (χ1v) is 10.7. The second-order valence-electron chi connectivity index (χ2n) is 8.03. The van der Waals surface area contributed by atoms with Gasteiger partial charge in [0.1, 0.15) is 17.6 Å². The van der Waals surface area contributed by atoms with Gasteiger partial charge in [0.2, 0.25) is 5.91 Å². The van der Waals surface area contributed by atoms with Crippen LogP contribution in [0.5, 0.6) is 5.75 Å². The Hall–Kier alpha value is -4.08. The summed E-state index contributed by atoms with van der Waals surface area (Å²) >= 11 is 0. The van der Waals surface area contributed by atoms with Crippen molar-refractivity contribution in [2.24, 2.45) is 0 Å². The molecule has 0 bridgehead atoms. The third-order valence-corrected chi connectivity index (χ3v) is 5.75. The van der Waals surface area contributed by atoms with Crippen molar-refractivity contribution < 1.29 is 22.7 Å². The molecular weight excluding hydrogens is 447 g/mol. The maximum Gasteiger partial charge on any atom is 0.573 e. The quantitative estimate of drug-likeness (QED) is 0.448. The number of rotatable bonds is 5. The van der Waals surface area contributed by atoms with E-state index in [9.17, 15) is 18.0 Å². The van der Waals surface area contributed by atoms with Gasteiger partial charge in [-0.25, -0.2) is 9.97 Å². The van der Waals surface area contributed by atoms with Crippen LogP contribution >= 0.6 is 0 Å². The van der Waals surface area contributed by atoms with Crippen LogP contribution in [0.25, 0.3) is 16.7 Å². The van der Waals surface area contributed by atoms with Crippen molar-refractivity contribution in [3.63, 3.8) is 0 Å². The summed E-state index contributed by atoms with van der Waals surface area (Å²) in [6.45, 7) is 0. The van der Waals surface area contributed by atoms with Crippen molar-refractivity contribution >= 4 is 28.4 Å². The summed E-state index contributed by atoms with van der Waals surface area (Å²) in [7, 11) is 0. The van der Waals surface area contributed by atoms with Gasteiger partial charge in [0, 0.05) is 17.1 Å². The van der Waals surface area contributed by atoms with Crippen LogP contribution in [-0.2, 0) is 24.1 Å². The van der Waals surface area contributed by atoms with E-state index in [0.29, 0.717) is 17.1 Å². The number of nitrogen functional groups attached to an aromatic ring is 1. The fraction of sp³-hybridized carbons (Fsp3) is 0.208. The number of aromatic nitrogens is 3. The number of halogens is 3. The van der Waals surface area contributed by atoms with Gasteiger partial charge >= 0.3 is 6.36 Å². The van der Waals surface area contributed by atoms with Gasteiger partial charge < -0.3 is 20.4 Å². The van der Waals surface area contributed by atoms with E-state index in [1.54, 1.807) is 12.1 Å². The van der Waals surface area contributed by atoms with Crippen LogP contribution in [0.4, 0.5) is 24.7 Å². The summed E-state index contributed by atoms with van der Waals surface area (Å²) in [6, 6.07) is 12.6. The number of hydrogen-bond acceptors (Lipinski definition) is 5. The number of amides is 1. The topological polar surface area (TPSA) is 95.1 Å². The number of fused-ring (bicyclic) bond motifs is 3. The standard InChI is InChI=1S/C24H20F3N5O2/c25-24(26,27)34-17-10-4-14(5-11-17)12-20(33)31-15-6-8-16(9-7-15)32-19-3-1-2-18(19)21-22(32)23(28)30-13-29-21/h4-11,13H,1-3,12H2,(H,31,33)(H2,28,29,30). The lowest BCUT2D eigenvalue weighted by Gasteiger charge is -2.12. The highest BCUT2D eigenvalue weighted by molar-refractivity contribution is 5.93. The van der Waals surface area contributed by atoms with Crippen LogP contribution in [-0.4, -0.2) is 26.8 Å². The van der Waals surface area contributed by atoms with E-state index in [0.717, 1.165) is 36.0 Å². The minimum atomic E-state index is -4.75. The molecule has 1 aliphatic carbocycles. The number of carbonyl (C=O) groups excluding carboxylic acids is 1. The number of carbonyl (C=O) groups is 1. The van der Waals surface area contributed by atoms with Crippen molar-refractivity contribution in [2.45, 2.75) is 32.0 Å². The summed E-state index contributed by atoms with van der Waals surface area (Å²) < 4.78 is 42.8. The van der Waals surface area contributed by atoms with Crippen LogP contribution in [0, 0.1) is 0 Å². The lowest BCUT2D eigenvalue weighted by molar-refractivity contribution is -0.274. The average Bonchev–Trinajstić information content (AvgIpc) is 3.37. The molecule has 0 atom stereocenters. The molecule has 7 nitrogen and oxygen atoms in total. The molecule has 4 aromatic rings. The smallest absolute Gasteiger partial charge is 0.406 e. The van der Waals surface area contributed by atoms with Gasteiger partial charge in [-0.1, -0.05) is 12.1 Å².